The molecule has 0 spiro atoms. The first-order valence-electron chi connectivity index (χ1n) is 4.49. The van der Waals surface area contributed by atoms with Crippen LogP contribution in [0.2, 0.25) is 0 Å². The predicted octanol–water partition coefficient (Wildman–Crippen LogP) is 2.03. The molecule has 0 aliphatic rings. The van der Waals surface area contributed by atoms with Crippen LogP contribution in [0.3, 0.4) is 0 Å². The Kier molecular flexibility index (Phi) is 3.13. The smallest absolute Gasteiger partial charge is 0.257 e. The van der Waals surface area contributed by atoms with Crippen LogP contribution in [0.1, 0.15) is 5.82 Å². The molecule has 15 heavy (non-hydrogen) atoms. The number of nitrogens with zero attached hydrogens (tertiary/aromatic N) is 2. The molecule has 0 saturated carbocycles. The third-order valence-corrected chi connectivity index (χ3v) is 2.42. The monoisotopic (exact) mass is 268 g/mol. The molecule has 0 bridgehead atoms. The van der Waals surface area contributed by atoms with Crippen molar-refractivity contribution < 1.29 is 9.63 Å². The van der Waals surface area contributed by atoms with Crippen LogP contribution in [-0.2, 0) is 6.42 Å². The summed E-state index contributed by atoms with van der Waals surface area (Å²) in [4.78, 5) is 4.15. The van der Waals surface area contributed by atoms with Gasteiger partial charge in [-0.25, -0.2) is 0 Å². The van der Waals surface area contributed by atoms with E-state index in [1.807, 2.05) is 24.3 Å². The van der Waals surface area contributed by atoms with Crippen molar-refractivity contribution in [2.75, 3.05) is 6.61 Å². The molecule has 1 heterocycles. The minimum absolute atomic E-state index is 0.0271. The van der Waals surface area contributed by atoms with Crippen molar-refractivity contribution >= 4 is 15.9 Å². The lowest BCUT2D eigenvalue weighted by atomic mass is 10.2. The lowest BCUT2D eigenvalue weighted by Gasteiger charge is -1.93. The predicted molar refractivity (Wildman–Crippen MR) is 58.2 cm³/mol. The van der Waals surface area contributed by atoms with Crippen molar-refractivity contribution in [2.24, 2.45) is 0 Å². The molecule has 0 unspecified atom stereocenters. The van der Waals surface area contributed by atoms with Crippen LogP contribution in [0.15, 0.2) is 33.3 Å². The Hall–Kier alpha value is -1.20. The number of aliphatic hydroxyl groups excluding tert-OH is 1. The molecule has 0 aliphatic carbocycles. The maximum absolute atomic E-state index is 8.71. The number of halogens is 1. The van der Waals surface area contributed by atoms with Gasteiger partial charge in [-0.3, -0.25) is 0 Å². The van der Waals surface area contributed by atoms with Crippen molar-refractivity contribution in [3.63, 3.8) is 0 Å². The number of hydrogen-bond donors (Lipinski definition) is 1. The number of benzene rings is 1. The summed E-state index contributed by atoms with van der Waals surface area (Å²) in [5.41, 5.74) is 0.870. The van der Waals surface area contributed by atoms with Gasteiger partial charge in [-0.2, -0.15) is 4.98 Å². The van der Waals surface area contributed by atoms with Gasteiger partial charge in [0.25, 0.3) is 5.89 Å². The molecular formula is C10H9BrN2O2. The largest absolute Gasteiger partial charge is 0.396 e. The van der Waals surface area contributed by atoms with Crippen LogP contribution in [0.4, 0.5) is 0 Å². The minimum Gasteiger partial charge on any atom is -0.396 e. The second-order valence-electron chi connectivity index (χ2n) is 3.00. The molecule has 1 N–H and O–H groups in total. The Balaban J connectivity index is 2.25. The molecule has 0 radical (unpaired) electrons. The molecule has 0 amide bonds. The third kappa shape index (κ3) is 2.43. The molecule has 5 heteroatoms. The topological polar surface area (TPSA) is 59.2 Å². The summed E-state index contributed by atoms with van der Waals surface area (Å²) in [6, 6.07) is 7.59. The Morgan fingerprint density at radius 3 is 2.67 bits per heavy atom. The molecule has 4 nitrogen and oxygen atoms in total. The molecule has 1 aromatic carbocycles. The van der Waals surface area contributed by atoms with E-state index in [1.54, 1.807) is 0 Å². The fraction of sp³-hybridized carbons (Fsp3) is 0.200. The summed E-state index contributed by atoms with van der Waals surface area (Å²) in [5.74, 6) is 1.00. The molecular weight excluding hydrogens is 260 g/mol. The lowest BCUT2D eigenvalue weighted by molar-refractivity contribution is 0.293. The average Bonchev–Trinajstić information content (AvgIpc) is 2.68. The van der Waals surface area contributed by atoms with Crippen molar-refractivity contribution in [1.29, 1.82) is 0 Å². The second kappa shape index (κ2) is 4.55. The Labute approximate surface area is 95.1 Å². The van der Waals surface area contributed by atoms with Crippen molar-refractivity contribution in [3.05, 3.63) is 34.6 Å². The van der Waals surface area contributed by atoms with Crippen LogP contribution in [0.5, 0.6) is 0 Å². The fourth-order valence-corrected chi connectivity index (χ4v) is 1.43. The van der Waals surface area contributed by atoms with Crippen LogP contribution in [-0.4, -0.2) is 21.9 Å². The highest BCUT2D eigenvalue weighted by Gasteiger charge is 2.07. The van der Waals surface area contributed by atoms with Gasteiger partial charge in [0.05, 0.1) is 6.61 Å². The van der Waals surface area contributed by atoms with Gasteiger partial charge in [0, 0.05) is 16.5 Å². The zero-order chi connectivity index (χ0) is 10.7. The fourth-order valence-electron chi connectivity index (χ4n) is 1.17. The number of aliphatic hydroxyl groups is 1. The maximum atomic E-state index is 8.71. The van der Waals surface area contributed by atoms with Gasteiger partial charge >= 0.3 is 0 Å². The highest BCUT2D eigenvalue weighted by atomic mass is 79.9. The zero-order valence-corrected chi connectivity index (χ0v) is 9.44. The van der Waals surface area contributed by atoms with Gasteiger partial charge in [0.2, 0.25) is 0 Å². The highest BCUT2D eigenvalue weighted by molar-refractivity contribution is 9.10. The van der Waals surface area contributed by atoms with E-state index in [4.69, 9.17) is 9.63 Å². The van der Waals surface area contributed by atoms with Crippen LogP contribution in [0.25, 0.3) is 11.5 Å². The molecule has 0 saturated heterocycles. The molecule has 78 valence electrons. The summed E-state index contributed by atoms with van der Waals surface area (Å²) in [6.07, 6.45) is 0.417. The standard InChI is InChI=1S/C10H9BrN2O2/c11-8-3-1-7(2-4-8)10-12-9(5-6-14)13-15-10/h1-4,14H,5-6H2. The molecule has 1 aromatic heterocycles. The molecule has 0 aliphatic heterocycles. The third-order valence-electron chi connectivity index (χ3n) is 1.89. The maximum Gasteiger partial charge on any atom is 0.257 e. The molecule has 0 fully saturated rings. The summed E-state index contributed by atoms with van der Waals surface area (Å²) in [7, 11) is 0. The van der Waals surface area contributed by atoms with E-state index in [1.165, 1.54) is 0 Å². The lowest BCUT2D eigenvalue weighted by Crippen LogP contribution is -1.92. The van der Waals surface area contributed by atoms with E-state index in [2.05, 4.69) is 26.1 Å². The normalized spacial score (nSPS) is 10.5. The van der Waals surface area contributed by atoms with E-state index >= 15 is 0 Å². The van der Waals surface area contributed by atoms with Gasteiger partial charge < -0.3 is 9.63 Å². The highest BCUT2D eigenvalue weighted by Crippen LogP contribution is 2.19. The van der Waals surface area contributed by atoms with Crippen LogP contribution < -0.4 is 0 Å². The SMILES string of the molecule is OCCc1noc(-c2ccc(Br)cc2)n1. The molecule has 2 aromatic rings. The minimum atomic E-state index is 0.0271. The van der Waals surface area contributed by atoms with Gasteiger partial charge in [0.15, 0.2) is 5.82 Å². The first kappa shape index (κ1) is 10.3. The van der Waals surface area contributed by atoms with Gasteiger partial charge in [-0.15, -0.1) is 0 Å². The van der Waals surface area contributed by atoms with Crippen LogP contribution >= 0.6 is 15.9 Å². The molecule has 0 atom stereocenters. The Morgan fingerprint density at radius 2 is 2.00 bits per heavy atom. The van der Waals surface area contributed by atoms with Gasteiger partial charge in [-0.05, 0) is 24.3 Å². The first-order chi connectivity index (χ1) is 7.29. The Bertz CT molecular complexity index is 439. The van der Waals surface area contributed by atoms with E-state index in [0.29, 0.717) is 18.1 Å². The van der Waals surface area contributed by atoms with Crippen molar-refractivity contribution in [3.8, 4) is 11.5 Å². The van der Waals surface area contributed by atoms with Crippen molar-refractivity contribution in [2.45, 2.75) is 6.42 Å². The van der Waals surface area contributed by atoms with Crippen LogP contribution in [0, 0.1) is 0 Å². The van der Waals surface area contributed by atoms with Crippen molar-refractivity contribution in [1.82, 2.24) is 10.1 Å². The second-order valence-corrected chi connectivity index (χ2v) is 3.91. The summed E-state index contributed by atoms with van der Waals surface area (Å²) < 4.78 is 6.06. The Morgan fingerprint density at radius 1 is 1.27 bits per heavy atom. The summed E-state index contributed by atoms with van der Waals surface area (Å²) in [5, 5.41) is 12.5. The quantitative estimate of drug-likeness (QED) is 0.926. The summed E-state index contributed by atoms with van der Waals surface area (Å²) >= 11 is 3.35. The number of hydrogen-bond acceptors (Lipinski definition) is 4. The van der Waals surface area contributed by atoms with E-state index in [-0.39, 0.29) is 6.61 Å². The van der Waals surface area contributed by atoms with Gasteiger partial charge in [-0.1, -0.05) is 21.1 Å². The first-order valence-corrected chi connectivity index (χ1v) is 5.28. The summed E-state index contributed by atoms with van der Waals surface area (Å²) in [6.45, 7) is 0.0271. The van der Waals surface area contributed by atoms with E-state index in [9.17, 15) is 0 Å². The number of rotatable bonds is 3. The zero-order valence-electron chi connectivity index (χ0n) is 7.85. The van der Waals surface area contributed by atoms with Gasteiger partial charge in [0.1, 0.15) is 0 Å². The number of aromatic nitrogens is 2. The van der Waals surface area contributed by atoms with E-state index < -0.39 is 0 Å². The van der Waals surface area contributed by atoms with E-state index in [0.717, 1.165) is 10.0 Å². The molecule has 2 rings (SSSR count). The average molecular weight is 269 g/mol.